The van der Waals surface area contributed by atoms with Crippen LogP contribution < -0.4 is 0 Å². The highest BCUT2D eigenvalue weighted by Crippen LogP contribution is 2.16. The molecule has 0 saturated heterocycles. The second kappa shape index (κ2) is 3.82. The van der Waals surface area contributed by atoms with Gasteiger partial charge in [0.05, 0.1) is 11.4 Å². The van der Waals surface area contributed by atoms with Crippen molar-refractivity contribution < 1.29 is 4.79 Å². The summed E-state index contributed by atoms with van der Waals surface area (Å²) in [6, 6.07) is 0. The van der Waals surface area contributed by atoms with Crippen LogP contribution in [0.5, 0.6) is 0 Å². The van der Waals surface area contributed by atoms with Crippen molar-refractivity contribution in [1.29, 1.82) is 0 Å². The van der Waals surface area contributed by atoms with E-state index in [4.69, 9.17) is 0 Å². The highest BCUT2D eigenvalue weighted by molar-refractivity contribution is 5.89. The largest absolute Gasteiger partial charge is 0.291 e. The molecule has 0 atom stereocenters. The Labute approximate surface area is 82.8 Å². The molecule has 2 rings (SSSR count). The van der Waals surface area contributed by atoms with Gasteiger partial charge in [-0.1, -0.05) is 6.42 Å². The summed E-state index contributed by atoms with van der Waals surface area (Å²) in [5.41, 5.74) is 1.95. The number of Topliss-reactive ketones (excluding diaryl/α,β-unsaturated/α-hetero) is 1. The van der Waals surface area contributed by atoms with Gasteiger partial charge in [0.2, 0.25) is 5.82 Å². The quantitative estimate of drug-likeness (QED) is 0.496. The third-order valence-corrected chi connectivity index (χ3v) is 2.48. The number of carbonyl (C=O) groups is 1. The Morgan fingerprint density at radius 2 is 1.79 bits per heavy atom. The number of aromatic nitrogens is 3. The van der Waals surface area contributed by atoms with Crippen LogP contribution in [0.2, 0.25) is 0 Å². The first-order valence-electron chi connectivity index (χ1n) is 5.01. The molecule has 0 spiro atoms. The van der Waals surface area contributed by atoms with Gasteiger partial charge < -0.3 is 0 Å². The van der Waals surface area contributed by atoms with Crippen LogP contribution in [0.4, 0.5) is 0 Å². The Bertz CT molecular complexity index is 362. The fraction of sp³-hybridized carbons (Fsp3) is 0.600. The standard InChI is InChI=1S/C10H13N3O/c1-7(14)10-11-8-5-3-2-4-6-9(8)12-13-10/h2-6H2,1H3. The zero-order valence-electron chi connectivity index (χ0n) is 8.29. The van der Waals surface area contributed by atoms with E-state index in [0.717, 1.165) is 37.1 Å². The minimum absolute atomic E-state index is 0.107. The molecule has 4 nitrogen and oxygen atoms in total. The van der Waals surface area contributed by atoms with E-state index in [9.17, 15) is 4.79 Å². The van der Waals surface area contributed by atoms with Gasteiger partial charge in [0.15, 0.2) is 5.78 Å². The van der Waals surface area contributed by atoms with Gasteiger partial charge in [-0.15, -0.1) is 5.10 Å². The molecule has 0 fully saturated rings. The second-order valence-corrected chi connectivity index (χ2v) is 3.65. The van der Waals surface area contributed by atoms with Gasteiger partial charge in [-0.25, -0.2) is 4.98 Å². The first-order valence-corrected chi connectivity index (χ1v) is 5.01. The molecule has 74 valence electrons. The van der Waals surface area contributed by atoms with E-state index in [-0.39, 0.29) is 11.6 Å². The molecule has 1 aliphatic rings. The molecule has 14 heavy (non-hydrogen) atoms. The summed E-state index contributed by atoms with van der Waals surface area (Å²) in [6.45, 7) is 1.47. The fourth-order valence-corrected chi connectivity index (χ4v) is 1.69. The molecule has 0 saturated carbocycles. The van der Waals surface area contributed by atoms with E-state index in [1.165, 1.54) is 13.3 Å². The summed E-state index contributed by atoms with van der Waals surface area (Å²) in [5.74, 6) is 0.148. The van der Waals surface area contributed by atoms with Gasteiger partial charge in [0.1, 0.15) is 0 Å². The highest BCUT2D eigenvalue weighted by atomic mass is 16.1. The third-order valence-electron chi connectivity index (χ3n) is 2.48. The van der Waals surface area contributed by atoms with Crippen molar-refractivity contribution in [2.45, 2.75) is 39.0 Å². The topological polar surface area (TPSA) is 55.7 Å². The molecule has 1 heterocycles. The van der Waals surface area contributed by atoms with E-state index < -0.39 is 0 Å². The fourth-order valence-electron chi connectivity index (χ4n) is 1.69. The highest BCUT2D eigenvalue weighted by Gasteiger charge is 2.13. The first-order chi connectivity index (χ1) is 6.77. The van der Waals surface area contributed by atoms with Gasteiger partial charge in [0, 0.05) is 6.92 Å². The molecule has 0 N–H and O–H groups in total. The van der Waals surface area contributed by atoms with Crippen molar-refractivity contribution in [2.24, 2.45) is 0 Å². The zero-order chi connectivity index (χ0) is 9.97. The van der Waals surface area contributed by atoms with Gasteiger partial charge in [-0.05, 0) is 25.7 Å². The van der Waals surface area contributed by atoms with E-state index in [0.29, 0.717) is 0 Å². The Morgan fingerprint density at radius 3 is 2.50 bits per heavy atom. The number of ketones is 1. The van der Waals surface area contributed by atoms with Crippen LogP contribution in [0, 0.1) is 0 Å². The maximum Gasteiger partial charge on any atom is 0.217 e. The maximum atomic E-state index is 11.1. The molecule has 1 aromatic heterocycles. The van der Waals surface area contributed by atoms with Crippen LogP contribution in [-0.4, -0.2) is 21.0 Å². The summed E-state index contributed by atoms with van der Waals surface area (Å²) in [4.78, 5) is 15.3. The van der Waals surface area contributed by atoms with E-state index in [2.05, 4.69) is 15.2 Å². The number of aryl methyl sites for hydroxylation is 2. The predicted octanol–water partition coefficient (Wildman–Crippen LogP) is 1.34. The number of hydrogen-bond acceptors (Lipinski definition) is 4. The molecule has 1 aromatic rings. The van der Waals surface area contributed by atoms with Gasteiger partial charge in [0.25, 0.3) is 0 Å². The monoisotopic (exact) mass is 191 g/mol. The van der Waals surface area contributed by atoms with E-state index in [1.54, 1.807) is 0 Å². The number of nitrogens with zero attached hydrogens (tertiary/aromatic N) is 3. The van der Waals surface area contributed by atoms with Crippen molar-refractivity contribution in [3.8, 4) is 0 Å². The average Bonchev–Trinajstić information content (AvgIpc) is 2.41. The minimum Gasteiger partial charge on any atom is -0.291 e. The molecule has 0 aromatic carbocycles. The molecule has 0 radical (unpaired) electrons. The average molecular weight is 191 g/mol. The van der Waals surface area contributed by atoms with Crippen LogP contribution in [-0.2, 0) is 12.8 Å². The van der Waals surface area contributed by atoms with Gasteiger partial charge >= 0.3 is 0 Å². The zero-order valence-corrected chi connectivity index (χ0v) is 8.29. The minimum atomic E-state index is -0.107. The number of rotatable bonds is 1. The van der Waals surface area contributed by atoms with Crippen LogP contribution in [0.1, 0.15) is 48.2 Å². The Morgan fingerprint density at radius 1 is 1.07 bits per heavy atom. The van der Waals surface area contributed by atoms with Crippen molar-refractivity contribution in [3.05, 3.63) is 17.2 Å². The molecular formula is C10H13N3O. The summed E-state index contributed by atoms with van der Waals surface area (Å²) < 4.78 is 0. The normalized spacial score (nSPS) is 15.8. The van der Waals surface area contributed by atoms with Crippen molar-refractivity contribution in [2.75, 3.05) is 0 Å². The summed E-state index contributed by atoms with van der Waals surface area (Å²) in [6.07, 6.45) is 5.40. The molecule has 4 heteroatoms. The number of fused-ring (bicyclic) bond motifs is 1. The number of carbonyl (C=O) groups excluding carboxylic acids is 1. The second-order valence-electron chi connectivity index (χ2n) is 3.65. The summed E-state index contributed by atoms with van der Waals surface area (Å²) >= 11 is 0. The van der Waals surface area contributed by atoms with Crippen molar-refractivity contribution in [3.63, 3.8) is 0 Å². The van der Waals surface area contributed by atoms with Gasteiger partial charge in [-0.2, -0.15) is 5.10 Å². The Balaban J connectivity index is 2.37. The lowest BCUT2D eigenvalue weighted by Gasteiger charge is -2.02. The molecule has 0 aliphatic heterocycles. The van der Waals surface area contributed by atoms with Crippen molar-refractivity contribution in [1.82, 2.24) is 15.2 Å². The molecule has 0 unspecified atom stereocenters. The lowest BCUT2D eigenvalue weighted by Crippen LogP contribution is -2.09. The van der Waals surface area contributed by atoms with Gasteiger partial charge in [-0.3, -0.25) is 4.79 Å². The van der Waals surface area contributed by atoms with E-state index in [1.807, 2.05) is 0 Å². The predicted molar refractivity (Wildman–Crippen MR) is 51.1 cm³/mol. The lowest BCUT2D eigenvalue weighted by molar-refractivity contribution is 0.100. The van der Waals surface area contributed by atoms with Crippen LogP contribution in [0.25, 0.3) is 0 Å². The summed E-state index contributed by atoms with van der Waals surface area (Å²) in [5, 5.41) is 7.89. The first kappa shape index (κ1) is 9.24. The molecule has 1 aliphatic carbocycles. The Hall–Kier alpha value is -1.32. The molecular weight excluding hydrogens is 178 g/mol. The van der Waals surface area contributed by atoms with E-state index >= 15 is 0 Å². The maximum absolute atomic E-state index is 11.1. The lowest BCUT2D eigenvalue weighted by atomic mass is 10.2. The smallest absolute Gasteiger partial charge is 0.217 e. The SMILES string of the molecule is CC(=O)c1nnc2c(n1)CCCCC2. The molecule has 0 amide bonds. The number of hydrogen-bond donors (Lipinski definition) is 0. The van der Waals surface area contributed by atoms with Crippen molar-refractivity contribution >= 4 is 5.78 Å². The van der Waals surface area contributed by atoms with Crippen LogP contribution >= 0.6 is 0 Å². The summed E-state index contributed by atoms with van der Waals surface area (Å²) in [7, 11) is 0. The third kappa shape index (κ3) is 1.78. The Kier molecular flexibility index (Phi) is 2.52. The van der Waals surface area contributed by atoms with Crippen LogP contribution in [0.15, 0.2) is 0 Å². The molecule has 0 bridgehead atoms. The van der Waals surface area contributed by atoms with Crippen LogP contribution in [0.3, 0.4) is 0 Å².